The molecule has 2 aromatic heterocycles. The highest BCUT2D eigenvalue weighted by molar-refractivity contribution is 5.96. The van der Waals surface area contributed by atoms with Crippen LogP contribution in [0.1, 0.15) is 16.1 Å². The number of fused-ring (bicyclic) bond motifs is 1. The minimum Gasteiger partial charge on any atom is -0.274 e. The average molecular weight is 234 g/mol. The fourth-order valence-corrected chi connectivity index (χ4v) is 1.69. The molecular weight excluding hydrogens is 220 g/mol. The van der Waals surface area contributed by atoms with E-state index in [0.29, 0.717) is 5.56 Å². The van der Waals surface area contributed by atoms with Crippen molar-refractivity contribution in [3.8, 4) is 0 Å². The van der Waals surface area contributed by atoms with Crippen molar-refractivity contribution in [3.05, 3.63) is 23.5 Å². The van der Waals surface area contributed by atoms with Gasteiger partial charge in [-0.15, -0.1) is 0 Å². The number of aromatic nitrogens is 3. The number of hydroxylamine groups is 2. The summed E-state index contributed by atoms with van der Waals surface area (Å²) < 4.78 is 1.69. The Morgan fingerprint density at radius 1 is 1.53 bits per heavy atom. The van der Waals surface area contributed by atoms with Crippen molar-refractivity contribution in [2.45, 2.75) is 6.92 Å². The molecule has 2 rings (SSSR count). The molecule has 0 aromatic carbocycles. The van der Waals surface area contributed by atoms with Crippen LogP contribution in [-0.2, 0) is 11.9 Å². The molecule has 0 N–H and O–H groups in total. The summed E-state index contributed by atoms with van der Waals surface area (Å²) in [5.74, 6) is -0.231. The van der Waals surface area contributed by atoms with E-state index in [0.717, 1.165) is 21.8 Å². The van der Waals surface area contributed by atoms with Gasteiger partial charge in [-0.05, 0) is 13.0 Å². The lowest BCUT2D eigenvalue weighted by atomic mass is 10.2. The molecular formula is C11H14N4O2. The molecule has 0 unspecified atom stereocenters. The number of amides is 1. The maximum atomic E-state index is 11.9. The molecule has 90 valence electrons. The zero-order valence-electron chi connectivity index (χ0n) is 10.3. The molecule has 0 fully saturated rings. The van der Waals surface area contributed by atoms with Crippen molar-refractivity contribution < 1.29 is 9.63 Å². The van der Waals surface area contributed by atoms with E-state index in [-0.39, 0.29) is 5.91 Å². The molecule has 0 aliphatic heterocycles. The first-order chi connectivity index (χ1) is 8.04. The highest BCUT2D eigenvalue weighted by atomic mass is 16.7. The van der Waals surface area contributed by atoms with E-state index in [1.54, 1.807) is 17.8 Å². The maximum Gasteiger partial charge on any atom is 0.278 e. The van der Waals surface area contributed by atoms with Crippen LogP contribution in [0.4, 0.5) is 0 Å². The number of aryl methyl sites for hydroxylation is 2. The van der Waals surface area contributed by atoms with Crippen LogP contribution >= 0.6 is 0 Å². The highest BCUT2D eigenvalue weighted by Crippen LogP contribution is 2.17. The standard InChI is InChI=1S/C11H14N4O2/c1-7-9-5-8(11(16)15(3)17-4)6-12-10(9)14(2)13-7/h5-6H,1-4H3. The first kappa shape index (κ1) is 11.5. The molecule has 1 amide bonds. The summed E-state index contributed by atoms with van der Waals surface area (Å²) in [7, 11) is 4.83. The quantitative estimate of drug-likeness (QED) is 0.725. The SMILES string of the molecule is CON(C)C(=O)c1cnc2c(c1)c(C)nn2C. The van der Waals surface area contributed by atoms with Gasteiger partial charge < -0.3 is 0 Å². The Kier molecular flexibility index (Phi) is 2.81. The van der Waals surface area contributed by atoms with Gasteiger partial charge in [0.1, 0.15) is 0 Å². The second-order valence-corrected chi connectivity index (χ2v) is 3.79. The van der Waals surface area contributed by atoms with Gasteiger partial charge >= 0.3 is 0 Å². The third-order valence-corrected chi connectivity index (χ3v) is 2.67. The second-order valence-electron chi connectivity index (χ2n) is 3.79. The molecule has 0 aliphatic rings. The molecule has 2 aromatic rings. The van der Waals surface area contributed by atoms with Gasteiger partial charge in [0, 0.05) is 25.7 Å². The van der Waals surface area contributed by atoms with E-state index in [4.69, 9.17) is 4.84 Å². The van der Waals surface area contributed by atoms with Gasteiger partial charge in [-0.1, -0.05) is 0 Å². The van der Waals surface area contributed by atoms with Crippen molar-refractivity contribution in [1.29, 1.82) is 0 Å². The molecule has 0 saturated heterocycles. The largest absolute Gasteiger partial charge is 0.278 e. The number of nitrogens with zero attached hydrogens (tertiary/aromatic N) is 4. The highest BCUT2D eigenvalue weighted by Gasteiger charge is 2.14. The third-order valence-electron chi connectivity index (χ3n) is 2.67. The first-order valence-corrected chi connectivity index (χ1v) is 5.16. The molecule has 6 heteroatoms. The number of hydrogen-bond acceptors (Lipinski definition) is 4. The minimum atomic E-state index is -0.231. The summed E-state index contributed by atoms with van der Waals surface area (Å²) in [4.78, 5) is 21.0. The van der Waals surface area contributed by atoms with Crippen molar-refractivity contribution in [2.75, 3.05) is 14.2 Å². The van der Waals surface area contributed by atoms with Gasteiger partial charge in [0.2, 0.25) is 0 Å². The lowest BCUT2D eigenvalue weighted by Crippen LogP contribution is -2.25. The lowest BCUT2D eigenvalue weighted by molar-refractivity contribution is -0.0757. The van der Waals surface area contributed by atoms with E-state index >= 15 is 0 Å². The van der Waals surface area contributed by atoms with Gasteiger partial charge in [0.05, 0.1) is 18.4 Å². The van der Waals surface area contributed by atoms with Crippen LogP contribution in [0.2, 0.25) is 0 Å². The molecule has 17 heavy (non-hydrogen) atoms. The van der Waals surface area contributed by atoms with Crippen LogP contribution in [0.15, 0.2) is 12.3 Å². The number of pyridine rings is 1. The summed E-state index contributed by atoms with van der Waals surface area (Å²) in [5.41, 5.74) is 2.10. The lowest BCUT2D eigenvalue weighted by Gasteiger charge is -2.13. The number of hydrogen-bond donors (Lipinski definition) is 0. The number of carbonyl (C=O) groups is 1. The Labute approximate surface area is 98.8 Å². The molecule has 0 atom stereocenters. The summed E-state index contributed by atoms with van der Waals surface area (Å²) in [6.45, 7) is 1.89. The molecule has 0 radical (unpaired) electrons. The average Bonchev–Trinajstić information content (AvgIpc) is 2.62. The second kappa shape index (κ2) is 4.14. The molecule has 0 bridgehead atoms. The summed E-state index contributed by atoms with van der Waals surface area (Å²) in [6.07, 6.45) is 1.53. The van der Waals surface area contributed by atoms with E-state index in [9.17, 15) is 4.79 Å². The Morgan fingerprint density at radius 3 is 2.88 bits per heavy atom. The summed E-state index contributed by atoms with van der Waals surface area (Å²) in [5, 5.41) is 6.29. The Bertz CT molecular complexity index is 576. The molecule has 0 spiro atoms. The van der Waals surface area contributed by atoms with E-state index in [1.807, 2.05) is 14.0 Å². The smallest absolute Gasteiger partial charge is 0.274 e. The van der Waals surface area contributed by atoms with Crippen molar-refractivity contribution in [3.63, 3.8) is 0 Å². The Balaban J connectivity index is 2.51. The van der Waals surface area contributed by atoms with Crippen molar-refractivity contribution in [1.82, 2.24) is 19.8 Å². The van der Waals surface area contributed by atoms with Gasteiger partial charge in [-0.2, -0.15) is 5.10 Å². The molecule has 2 heterocycles. The minimum absolute atomic E-state index is 0.231. The fourth-order valence-electron chi connectivity index (χ4n) is 1.69. The van der Waals surface area contributed by atoms with Gasteiger partial charge in [-0.25, -0.2) is 10.0 Å². The molecule has 0 aliphatic carbocycles. The van der Waals surface area contributed by atoms with Crippen LogP contribution in [0.3, 0.4) is 0 Å². The molecule has 6 nitrogen and oxygen atoms in total. The van der Waals surface area contributed by atoms with Crippen LogP contribution in [0.25, 0.3) is 11.0 Å². The first-order valence-electron chi connectivity index (χ1n) is 5.16. The van der Waals surface area contributed by atoms with Gasteiger partial charge in [0.15, 0.2) is 5.65 Å². The maximum absolute atomic E-state index is 11.9. The zero-order valence-corrected chi connectivity index (χ0v) is 10.3. The van der Waals surface area contributed by atoms with Gasteiger partial charge in [-0.3, -0.25) is 14.3 Å². The predicted molar refractivity (Wildman–Crippen MR) is 62.3 cm³/mol. The monoisotopic (exact) mass is 234 g/mol. The normalized spacial score (nSPS) is 10.8. The van der Waals surface area contributed by atoms with E-state index in [2.05, 4.69) is 10.1 Å². The Hall–Kier alpha value is -1.95. The molecule has 0 saturated carbocycles. The summed E-state index contributed by atoms with van der Waals surface area (Å²) in [6, 6.07) is 1.78. The van der Waals surface area contributed by atoms with Crippen LogP contribution < -0.4 is 0 Å². The van der Waals surface area contributed by atoms with Crippen LogP contribution in [0, 0.1) is 6.92 Å². The number of carbonyl (C=O) groups excluding carboxylic acids is 1. The number of rotatable bonds is 2. The van der Waals surface area contributed by atoms with Crippen molar-refractivity contribution >= 4 is 16.9 Å². The van der Waals surface area contributed by atoms with E-state index in [1.165, 1.54) is 13.3 Å². The van der Waals surface area contributed by atoms with E-state index < -0.39 is 0 Å². The van der Waals surface area contributed by atoms with Crippen LogP contribution in [0.5, 0.6) is 0 Å². The van der Waals surface area contributed by atoms with Gasteiger partial charge in [0.25, 0.3) is 5.91 Å². The predicted octanol–water partition coefficient (Wildman–Crippen LogP) is 0.910. The topological polar surface area (TPSA) is 60.2 Å². The van der Waals surface area contributed by atoms with Crippen LogP contribution in [-0.4, -0.2) is 39.9 Å². The zero-order chi connectivity index (χ0) is 12.6. The van der Waals surface area contributed by atoms with Crippen molar-refractivity contribution in [2.24, 2.45) is 7.05 Å². The third kappa shape index (κ3) is 1.87. The summed E-state index contributed by atoms with van der Waals surface area (Å²) >= 11 is 0. The fraction of sp³-hybridized carbons (Fsp3) is 0.364. The Morgan fingerprint density at radius 2 is 2.24 bits per heavy atom.